The van der Waals surface area contributed by atoms with Crippen molar-refractivity contribution < 1.29 is 17.9 Å². The van der Waals surface area contributed by atoms with Gasteiger partial charge >= 0.3 is 0 Å². The summed E-state index contributed by atoms with van der Waals surface area (Å²) in [5, 5.41) is 2.86. The number of carbonyl (C=O) groups excluding carboxylic acids is 1. The first-order chi connectivity index (χ1) is 13.4. The quantitative estimate of drug-likeness (QED) is 0.741. The Labute approximate surface area is 164 Å². The summed E-state index contributed by atoms with van der Waals surface area (Å²) in [5.74, 6) is -0.0997. The third kappa shape index (κ3) is 4.40. The minimum Gasteiger partial charge on any atom is -0.377 e. The van der Waals surface area contributed by atoms with Crippen molar-refractivity contribution in [2.24, 2.45) is 4.99 Å². The second-order valence-corrected chi connectivity index (χ2v) is 8.03. The molecule has 0 radical (unpaired) electrons. The number of amides is 1. The van der Waals surface area contributed by atoms with E-state index in [0.717, 1.165) is 11.1 Å². The van der Waals surface area contributed by atoms with Crippen molar-refractivity contribution in [2.45, 2.75) is 37.9 Å². The van der Waals surface area contributed by atoms with Gasteiger partial charge in [-0.25, -0.2) is 8.42 Å². The lowest BCUT2D eigenvalue weighted by Gasteiger charge is -2.13. The van der Waals surface area contributed by atoms with E-state index in [1.54, 1.807) is 25.1 Å². The Morgan fingerprint density at radius 2 is 1.82 bits per heavy atom. The molecule has 1 atom stereocenters. The number of rotatable bonds is 7. The molecule has 2 aromatic rings. The van der Waals surface area contributed by atoms with Gasteiger partial charge in [0.15, 0.2) is 0 Å². The van der Waals surface area contributed by atoms with E-state index < -0.39 is 16.1 Å². The molecule has 1 heterocycles. The topological polar surface area (TPSA) is 96.9 Å². The summed E-state index contributed by atoms with van der Waals surface area (Å²) in [6.07, 6.45) is 0. The number of aliphatic imine (C=N–C) groups is 1. The van der Waals surface area contributed by atoms with Crippen LogP contribution in [0.1, 0.15) is 30.5 Å². The third-order valence-corrected chi connectivity index (χ3v) is 5.80. The van der Waals surface area contributed by atoms with Crippen LogP contribution in [0.4, 0.5) is 0 Å². The van der Waals surface area contributed by atoms with Crippen LogP contribution in [0, 0.1) is 0 Å². The zero-order valence-electron chi connectivity index (χ0n) is 15.8. The standard InChI is InChI=1S/C20H23N3O4S/c1-3-27-13-16-9-5-4-8-15(16)12-21-20(24)14(2)22-19-17-10-6-7-11-18(17)28(25,26)23-19/h4-11,14H,3,12-13H2,1-2H3,(H,21,24)(H,22,23)/t14-/m0/s1. The van der Waals surface area contributed by atoms with E-state index in [-0.39, 0.29) is 16.6 Å². The van der Waals surface area contributed by atoms with Gasteiger partial charge in [0, 0.05) is 18.7 Å². The lowest BCUT2D eigenvalue weighted by atomic mass is 10.1. The van der Waals surface area contributed by atoms with Gasteiger partial charge in [-0.1, -0.05) is 36.4 Å². The number of ether oxygens (including phenoxy) is 1. The molecule has 2 N–H and O–H groups in total. The van der Waals surface area contributed by atoms with Gasteiger partial charge in [-0.05, 0) is 37.1 Å². The van der Waals surface area contributed by atoms with E-state index >= 15 is 0 Å². The van der Waals surface area contributed by atoms with Gasteiger partial charge in [0.05, 0.1) is 11.5 Å². The maximum absolute atomic E-state index is 12.5. The highest BCUT2D eigenvalue weighted by atomic mass is 32.2. The Morgan fingerprint density at radius 3 is 2.57 bits per heavy atom. The zero-order valence-corrected chi connectivity index (χ0v) is 16.6. The van der Waals surface area contributed by atoms with Crippen molar-refractivity contribution in [3.05, 3.63) is 65.2 Å². The minimum atomic E-state index is -3.62. The molecule has 0 spiro atoms. The Hall–Kier alpha value is -2.71. The summed E-state index contributed by atoms with van der Waals surface area (Å²) < 4.78 is 32.2. The van der Waals surface area contributed by atoms with Gasteiger partial charge in [0.2, 0.25) is 5.91 Å². The predicted molar refractivity (Wildman–Crippen MR) is 106 cm³/mol. The molecule has 28 heavy (non-hydrogen) atoms. The molecule has 2 aromatic carbocycles. The van der Waals surface area contributed by atoms with Gasteiger partial charge in [0.25, 0.3) is 10.0 Å². The monoisotopic (exact) mass is 401 g/mol. The molecule has 0 saturated heterocycles. The van der Waals surface area contributed by atoms with Crippen LogP contribution in [0.3, 0.4) is 0 Å². The van der Waals surface area contributed by atoms with Gasteiger partial charge in [0.1, 0.15) is 11.9 Å². The Kier molecular flexibility index (Phi) is 6.11. The van der Waals surface area contributed by atoms with Crippen molar-refractivity contribution >= 4 is 21.8 Å². The Bertz CT molecular complexity index is 1000. The highest BCUT2D eigenvalue weighted by Crippen LogP contribution is 2.22. The van der Waals surface area contributed by atoms with Crippen LogP contribution in [0.15, 0.2) is 58.4 Å². The second kappa shape index (κ2) is 8.53. The van der Waals surface area contributed by atoms with Gasteiger partial charge < -0.3 is 10.1 Å². The van der Waals surface area contributed by atoms with E-state index in [4.69, 9.17) is 4.74 Å². The predicted octanol–water partition coefficient (Wildman–Crippen LogP) is 1.97. The highest BCUT2D eigenvalue weighted by molar-refractivity contribution is 7.90. The molecule has 0 bridgehead atoms. The number of carbonyl (C=O) groups is 1. The summed E-state index contributed by atoms with van der Waals surface area (Å²) >= 11 is 0. The number of nitrogens with zero attached hydrogens (tertiary/aromatic N) is 1. The van der Waals surface area contributed by atoms with Gasteiger partial charge in [-0.3, -0.25) is 14.5 Å². The van der Waals surface area contributed by atoms with Gasteiger partial charge in [-0.2, -0.15) is 0 Å². The highest BCUT2D eigenvalue weighted by Gasteiger charge is 2.31. The number of nitrogens with one attached hydrogen (secondary N) is 2. The summed E-state index contributed by atoms with van der Waals surface area (Å²) in [5.41, 5.74) is 2.46. The Balaban J connectivity index is 1.69. The van der Waals surface area contributed by atoms with E-state index in [1.807, 2.05) is 31.2 Å². The second-order valence-electron chi connectivity index (χ2n) is 6.38. The molecule has 0 aromatic heterocycles. The Morgan fingerprint density at radius 1 is 1.14 bits per heavy atom. The van der Waals surface area contributed by atoms with Crippen LogP contribution >= 0.6 is 0 Å². The summed E-state index contributed by atoms with van der Waals surface area (Å²) in [4.78, 5) is 16.9. The van der Waals surface area contributed by atoms with Crippen molar-refractivity contribution in [1.82, 2.24) is 10.0 Å². The zero-order chi connectivity index (χ0) is 20.1. The average Bonchev–Trinajstić information content (AvgIpc) is 2.95. The first-order valence-corrected chi connectivity index (χ1v) is 10.5. The van der Waals surface area contributed by atoms with E-state index in [0.29, 0.717) is 25.3 Å². The van der Waals surface area contributed by atoms with Crippen LogP contribution in [0.2, 0.25) is 0 Å². The van der Waals surface area contributed by atoms with Crippen molar-refractivity contribution in [3.8, 4) is 0 Å². The first kappa shape index (κ1) is 20.0. The summed E-state index contributed by atoms with van der Waals surface area (Å²) in [6, 6.07) is 13.6. The van der Waals surface area contributed by atoms with Crippen molar-refractivity contribution in [3.63, 3.8) is 0 Å². The molecule has 8 heteroatoms. The largest absolute Gasteiger partial charge is 0.377 e. The molecule has 1 aliphatic rings. The molecule has 0 saturated carbocycles. The molecular weight excluding hydrogens is 378 g/mol. The van der Waals surface area contributed by atoms with Crippen LogP contribution in [0.5, 0.6) is 0 Å². The fourth-order valence-electron chi connectivity index (χ4n) is 2.89. The maximum Gasteiger partial charge on any atom is 0.263 e. The number of benzene rings is 2. The lowest BCUT2D eigenvalue weighted by molar-refractivity contribution is -0.122. The van der Waals surface area contributed by atoms with Crippen LogP contribution < -0.4 is 10.0 Å². The van der Waals surface area contributed by atoms with Gasteiger partial charge in [-0.15, -0.1) is 0 Å². The number of amidine groups is 1. The summed E-state index contributed by atoms with van der Waals surface area (Å²) in [6.45, 7) is 5.01. The van der Waals surface area contributed by atoms with E-state index in [1.165, 1.54) is 6.07 Å². The normalized spacial score (nSPS) is 17.0. The fraction of sp³-hybridized carbons (Fsp3) is 0.300. The number of hydrogen-bond acceptors (Lipinski definition) is 5. The van der Waals surface area contributed by atoms with Crippen LogP contribution in [-0.2, 0) is 32.7 Å². The molecule has 3 rings (SSSR count). The number of sulfonamides is 1. The van der Waals surface area contributed by atoms with Crippen LogP contribution in [-0.4, -0.2) is 32.8 Å². The molecule has 7 nitrogen and oxygen atoms in total. The van der Waals surface area contributed by atoms with E-state index in [9.17, 15) is 13.2 Å². The van der Waals surface area contributed by atoms with Crippen molar-refractivity contribution in [2.75, 3.05) is 6.61 Å². The van der Waals surface area contributed by atoms with Crippen LogP contribution in [0.25, 0.3) is 0 Å². The third-order valence-electron chi connectivity index (χ3n) is 4.40. The van der Waals surface area contributed by atoms with E-state index in [2.05, 4.69) is 15.0 Å². The average molecular weight is 401 g/mol. The SMILES string of the molecule is CCOCc1ccccc1CNC(=O)[C@H](C)N=C1NS(=O)(=O)c2ccccc21. The molecule has 0 unspecified atom stereocenters. The lowest BCUT2D eigenvalue weighted by Crippen LogP contribution is -2.33. The fourth-order valence-corrected chi connectivity index (χ4v) is 4.13. The molecule has 1 aliphatic heterocycles. The maximum atomic E-state index is 12.5. The number of hydrogen-bond donors (Lipinski definition) is 2. The molecule has 0 fully saturated rings. The molecular formula is C20H23N3O4S. The minimum absolute atomic E-state index is 0.172. The van der Waals surface area contributed by atoms with Crippen molar-refractivity contribution in [1.29, 1.82) is 0 Å². The summed E-state index contributed by atoms with van der Waals surface area (Å²) in [7, 11) is -3.62. The molecule has 0 aliphatic carbocycles. The number of fused-ring (bicyclic) bond motifs is 1. The first-order valence-electron chi connectivity index (χ1n) is 9.04. The molecule has 148 valence electrons. The molecule has 1 amide bonds. The smallest absolute Gasteiger partial charge is 0.263 e.